The molecule has 0 amide bonds. The molecule has 8 nitrogen and oxygen atoms in total. The molecule has 2 aromatic heterocycles. The van der Waals surface area contributed by atoms with Crippen molar-refractivity contribution in [2.75, 3.05) is 30.8 Å². The standard InChI is InChI=1S/C28H36ClFN8/c1-17-13-23(33-26-32-16-21(29)25(35-26)34-24-14-18(2)36-37-24)22(30)15-20(17)19-5-11-38(12-6-19)28(9-10-28)27(31-3)7-4-8-27/h13-16,19,31H,4-12H2,1-3H3,(H3,32,33,34,35,36,37). The van der Waals surface area contributed by atoms with Gasteiger partial charge in [0.1, 0.15) is 10.8 Å². The van der Waals surface area contributed by atoms with E-state index in [9.17, 15) is 0 Å². The molecule has 3 heterocycles. The number of rotatable bonds is 8. The molecule has 0 spiro atoms. The van der Waals surface area contributed by atoms with Gasteiger partial charge < -0.3 is 16.0 Å². The van der Waals surface area contributed by atoms with E-state index in [4.69, 9.17) is 11.6 Å². The number of nitrogens with one attached hydrogen (secondary N) is 4. The fourth-order valence-corrected chi connectivity index (χ4v) is 6.92. The van der Waals surface area contributed by atoms with E-state index in [1.807, 2.05) is 19.1 Å². The SMILES string of the molecule is CNC1(C2(N3CCC(c4cc(F)c(Nc5ncc(Cl)c(Nc6cc(C)[nH]n6)n5)cc4C)CC3)CC2)CCC1. The smallest absolute Gasteiger partial charge is 0.229 e. The molecule has 6 rings (SSSR count). The van der Waals surface area contributed by atoms with E-state index in [2.05, 4.69) is 55.0 Å². The second kappa shape index (κ2) is 9.77. The highest BCUT2D eigenvalue weighted by molar-refractivity contribution is 6.32. The van der Waals surface area contributed by atoms with Crippen LogP contribution in [0.3, 0.4) is 0 Å². The van der Waals surface area contributed by atoms with Crippen LogP contribution in [-0.2, 0) is 0 Å². The van der Waals surface area contributed by atoms with Crippen LogP contribution in [0.5, 0.6) is 0 Å². The molecule has 202 valence electrons. The van der Waals surface area contributed by atoms with Crippen LogP contribution < -0.4 is 16.0 Å². The number of benzene rings is 1. The monoisotopic (exact) mass is 538 g/mol. The van der Waals surface area contributed by atoms with Gasteiger partial charge in [-0.15, -0.1) is 0 Å². The summed E-state index contributed by atoms with van der Waals surface area (Å²) in [6.07, 6.45) is 10.1. The lowest BCUT2D eigenvalue weighted by molar-refractivity contribution is 0.0115. The van der Waals surface area contributed by atoms with Gasteiger partial charge in [0, 0.05) is 22.8 Å². The number of aromatic amines is 1. The second-order valence-corrected chi connectivity index (χ2v) is 11.7. The normalized spacial score (nSPS) is 20.7. The van der Waals surface area contributed by atoms with Crippen molar-refractivity contribution in [1.29, 1.82) is 0 Å². The molecule has 0 unspecified atom stereocenters. The Morgan fingerprint density at radius 3 is 2.45 bits per heavy atom. The van der Waals surface area contributed by atoms with Gasteiger partial charge in [0.2, 0.25) is 5.95 Å². The number of likely N-dealkylation sites (tertiary alicyclic amines) is 1. The first kappa shape index (κ1) is 25.5. The van der Waals surface area contributed by atoms with Crippen LogP contribution in [0.25, 0.3) is 0 Å². The average molecular weight is 539 g/mol. The van der Waals surface area contributed by atoms with Gasteiger partial charge in [0.15, 0.2) is 11.6 Å². The van der Waals surface area contributed by atoms with Crippen molar-refractivity contribution in [2.24, 2.45) is 0 Å². The molecule has 2 saturated carbocycles. The summed E-state index contributed by atoms with van der Waals surface area (Å²) < 4.78 is 15.3. The predicted octanol–water partition coefficient (Wildman–Crippen LogP) is 5.95. The minimum absolute atomic E-state index is 0.257. The summed E-state index contributed by atoms with van der Waals surface area (Å²) in [7, 11) is 2.14. The van der Waals surface area contributed by atoms with Crippen LogP contribution in [0, 0.1) is 19.7 Å². The summed E-state index contributed by atoms with van der Waals surface area (Å²) in [4.78, 5) is 11.4. The van der Waals surface area contributed by atoms with Gasteiger partial charge in [0.25, 0.3) is 0 Å². The molecule has 1 saturated heterocycles. The zero-order chi connectivity index (χ0) is 26.5. The number of aromatic nitrogens is 4. The topological polar surface area (TPSA) is 93.8 Å². The quantitative estimate of drug-likeness (QED) is 0.281. The predicted molar refractivity (Wildman–Crippen MR) is 149 cm³/mol. The molecule has 0 bridgehead atoms. The molecule has 3 fully saturated rings. The summed E-state index contributed by atoms with van der Waals surface area (Å²) in [5.74, 6) is 1.32. The molecule has 1 aliphatic heterocycles. The third kappa shape index (κ3) is 4.44. The molecular formula is C28H36ClFN8. The van der Waals surface area contributed by atoms with Crippen LogP contribution in [0.15, 0.2) is 24.4 Å². The Morgan fingerprint density at radius 1 is 1.08 bits per heavy atom. The second-order valence-electron chi connectivity index (χ2n) is 11.2. The van der Waals surface area contributed by atoms with Crippen molar-refractivity contribution in [1.82, 2.24) is 30.4 Å². The molecule has 3 aliphatic rings. The molecular weight excluding hydrogens is 503 g/mol. The van der Waals surface area contributed by atoms with E-state index in [0.29, 0.717) is 39.3 Å². The van der Waals surface area contributed by atoms with Gasteiger partial charge in [-0.05, 0) is 108 Å². The van der Waals surface area contributed by atoms with Crippen molar-refractivity contribution in [3.8, 4) is 0 Å². The highest BCUT2D eigenvalue weighted by atomic mass is 35.5. The fraction of sp³-hybridized carbons (Fsp3) is 0.536. The Kier molecular flexibility index (Phi) is 6.56. The highest BCUT2D eigenvalue weighted by Gasteiger charge is 2.63. The molecule has 3 aromatic rings. The summed E-state index contributed by atoms with van der Waals surface area (Å²) in [5, 5.41) is 17.2. The Morgan fingerprint density at radius 2 is 1.84 bits per heavy atom. The Balaban J connectivity index is 1.14. The van der Waals surface area contributed by atoms with E-state index in [0.717, 1.165) is 42.8 Å². The fourth-order valence-electron chi connectivity index (χ4n) is 6.78. The van der Waals surface area contributed by atoms with E-state index < -0.39 is 0 Å². The lowest BCUT2D eigenvalue weighted by atomic mass is 9.68. The van der Waals surface area contributed by atoms with Gasteiger partial charge >= 0.3 is 0 Å². The largest absolute Gasteiger partial charge is 0.322 e. The lowest BCUT2D eigenvalue weighted by Crippen LogP contribution is -2.66. The minimum atomic E-state index is -0.300. The lowest BCUT2D eigenvalue weighted by Gasteiger charge is -2.54. The van der Waals surface area contributed by atoms with Gasteiger partial charge in [-0.2, -0.15) is 10.1 Å². The van der Waals surface area contributed by atoms with Crippen molar-refractivity contribution < 1.29 is 4.39 Å². The van der Waals surface area contributed by atoms with Crippen molar-refractivity contribution in [3.05, 3.63) is 52.1 Å². The first-order chi connectivity index (χ1) is 18.3. The van der Waals surface area contributed by atoms with E-state index in [1.165, 1.54) is 38.3 Å². The number of halogens is 2. The van der Waals surface area contributed by atoms with Gasteiger partial charge in [0.05, 0.1) is 11.9 Å². The summed E-state index contributed by atoms with van der Waals surface area (Å²) in [6.45, 7) is 6.13. The van der Waals surface area contributed by atoms with Crippen LogP contribution in [0.2, 0.25) is 5.02 Å². The van der Waals surface area contributed by atoms with E-state index in [-0.39, 0.29) is 11.8 Å². The van der Waals surface area contributed by atoms with E-state index in [1.54, 1.807) is 6.07 Å². The molecule has 1 aromatic carbocycles. The maximum absolute atomic E-state index is 15.3. The molecule has 10 heteroatoms. The van der Waals surface area contributed by atoms with Crippen molar-refractivity contribution in [2.45, 2.75) is 75.8 Å². The number of H-pyrrole nitrogens is 1. The molecule has 38 heavy (non-hydrogen) atoms. The number of anilines is 4. The third-order valence-corrected chi connectivity index (χ3v) is 9.42. The Labute approximate surface area is 228 Å². The van der Waals surface area contributed by atoms with Crippen LogP contribution in [0.4, 0.5) is 27.7 Å². The number of piperidine rings is 1. The number of hydrogen-bond donors (Lipinski definition) is 4. The van der Waals surface area contributed by atoms with E-state index >= 15 is 4.39 Å². The first-order valence-corrected chi connectivity index (χ1v) is 14.0. The van der Waals surface area contributed by atoms with Gasteiger partial charge in [-0.3, -0.25) is 10.00 Å². The third-order valence-electron chi connectivity index (χ3n) is 9.14. The van der Waals surface area contributed by atoms with Crippen LogP contribution >= 0.6 is 11.6 Å². The van der Waals surface area contributed by atoms with Gasteiger partial charge in [-0.1, -0.05) is 11.6 Å². The number of likely N-dealkylation sites (N-methyl/N-ethyl adjacent to an activating group) is 1. The van der Waals surface area contributed by atoms with Crippen LogP contribution in [0.1, 0.15) is 67.7 Å². The number of hydrogen-bond acceptors (Lipinski definition) is 7. The zero-order valence-electron chi connectivity index (χ0n) is 22.3. The van der Waals surface area contributed by atoms with Crippen molar-refractivity contribution in [3.63, 3.8) is 0 Å². The maximum Gasteiger partial charge on any atom is 0.229 e. The van der Waals surface area contributed by atoms with Crippen LogP contribution in [-0.4, -0.2) is 56.3 Å². The average Bonchev–Trinajstić information content (AvgIpc) is 3.58. The molecule has 2 aliphatic carbocycles. The summed E-state index contributed by atoms with van der Waals surface area (Å²) in [5.41, 5.74) is 4.11. The summed E-state index contributed by atoms with van der Waals surface area (Å²) >= 11 is 6.27. The minimum Gasteiger partial charge on any atom is -0.322 e. The highest BCUT2D eigenvalue weighted by Crippen LogP contribution is 2.58. The molecule has 0 radical (unpaired) electrons. The Bertz CT molecular complexity index is 1320. The number of aryl methyl sites for hydroxylation is 2. The first-order valence-electron chi connectivity index (χ1n) is 13.7. The van der Waals surface area contributed by atoms with Crippen molar-refractivity contribution >= 4 is 34.9 Å². The van der Waals surface area contributed by atoms with Gasteiger partial charge in [-0.25, -0.2) is 9.37 Å². The Hall–Kier alpha value is -2.75. The summed E-state index contributed by atoms with van der Waals surface area (Å²) in [6, 6.07) is 5.41. The maximum atomic E-state index is 15.3. The molecule has 0 atom stereocenters. The zero-order valence-corrected chi connectivity index (χ0v) is 23.1. The number of nitrogens with zero attached hydrogens (tertiary/aromatic N) is 4. The molecule has 4 N–H and O–H groups in total.